The minimum absolute atomic E-state index is 0.0480. The summed E-state index contributed by atoms with van der Waals surface area (Å²) in [6.07, 6.45) is 1.35. The van der Waals surface area contributed by atoms with Crippen molar-refractivity contribution in [3.63, 3.8) is 0 Å². The largest absolute Gasteiger partial charge is 0.344 e. The molecule has 3 rings (SSSR count). The van der Waals surface area contributed by atoms with Gasteiger partial charge in [0.25, 0.3) is 0 Å². The number of piperidine rings is 1. The Labute approximate surface area is 199 Å². The number of carbonyl (C=O) groups is 3. The highest BCUT2D eigenvalue weighted by atomic mass is 19.1. The minimum Gasteiger partial charge on any atom is -0.344 e. The Morgan fingerprint density at radius 3 is 2.24 bits per heavy atom. The van der Waals surface area contributed by atoms with Crippen LogP contribution in [0.25, 0.3) is 0 Å². The van der Waals surface area contributed by atoms with E-state index in [4.69, 9.17) is 5.73 Å². The van der Waals surface area contributed by atoms with Gasteiger partial charge in [-0.1, -0.05) is 44.2 Å². The van der Waals surface area contributed by atoms with Crippen molar-refractivity contribution >= 4 is 23.4 Å². The molecule has 182 valence electrons. The summed E-state index contributed by atoms with van der Waals surface area (Å²) in [6, 6.07) is 13.6. The van der Waals surface area contributed by atoms with Crippen molar-refractivity contribution < 1.29 is 18.8 Å². The molecule has 2 aromatic carbocycles. The molecule has 0 saturated carbocycles. The van der Waals surface area contributed by atoms with E-state index in [1.54, 1.807) is 4.90 Å². The lowest BCUT2D eigenvalue weighted by molar-refractivity contribution is -0.137. The fourth-order valence-electron chi connectivity index (χ4n) is 3.97. The molecule has 3 amide bonds. The van der Waals surface area contributed by atoms with E-state index in [2.05, 4.69) is 10.6 Å². The highest BCUT2D eigenvalue weighted by molar-refractivity contribution is 5.97. The van der Waals surface area contributed by atoms with Gasteiger partial charge in [-0.2, -0.15) is 0 Å². The van der Waals surface area contributed by atoms with Crippen LogP contribution in [0.1, 0.15) is 32.3 Å². The van der Waals surface area contributed by atoms with Gasteiger partial charge >= 0.3 is 0 Å². The molecule has 0 bridgehead atoms. The fraction of sp³-hybridized carbons (Fsp3) is 0.423. The number of halogens is 1. The summed E-state index contributed by atoms with van der Waals surface area (Å²) < 4.78 is 13.2. The molecule has 34 heavy (non-hydrogen) atoms. The first-order valence-corrected chi connectivity index (χ1v) is 11.7. The lowest BCUT2D eigenvalue weighted by Crippen LogP contribution is -2.52. The molecular formula is C26H33FN4O3. The van der Waals surface area contributed by atoms with Crippen molar-refractivity contribution in [1.29, 1.82) is 0 Å². The lowest BCUT2D eigenvalue weighted by atomic mass is 9.93. The second-order valence-corrected chi connectivity index (χ2v) is 9.12. The molecule has 0 radical (unpaired) electrons. The van der Waals surface area contributed by atoms with Crippen LogP contribution in [0.15, 0.2) is 54.6 Å². The molecule has 8 heteroatoms. The van der Waals surface area contributed by atoms with Crippen molar-refractivity contribution in [3.05, 3.63) is 66.0 Å². The average Bonchev–Trinajstić information content (AvgIpc) is 2.84. The van der Waals surface area contributed by atoms with E-state index in [-0.39, 0.29) is 29.6 Å². The zero-order valence-corrected chi connectivity index (χ0v) is 19.7. The maximum Gasteiger partial charge on any atom is 0.247 e. The summed E-state index contributed by atoms with van der Waals surface area (Å²) in [6.45, 7) is 4.74. The summed E-state index contributed by atoms with van der Waals surface area (Å²) in [7, 11) is 0. The van der Waals surface area contributed by atoms with Crippen LogP contribution in [0.3, 0.4) is 0 Å². The number of nitrogens with zero attached hydrogens (tertiary/aromatic N) is 1. The Hall–Kier alpha value is -3.26. The normalized spacial score (nSPS) is 16.1. The van der Waals surface area contributed by atoms with Crippen LogP contribution in [0, 0.1) is 17.7 Å². The Morgan fingerprint density at radius 1 is 1.03 bits per heavy atom. The van der Waals surface area contributed by atoms with Gasteiger partial charge in [-0.05, 0) is 48.6 Å². The van der Waals surface area contributed by atoms with Crippen molar-refractivity contribution in [1.82, 2.24) is 10.2 Å². The van der Waals surface area contributed by atoms with Gasteiger partial charge < -0.3 is 21.3 Å². The number of hydrogen-bond donors (Lipinski definition) is 3. The van der Waals surface area contributed by atoms with Crippen molar-refractivity contribution in [3.8, 4) is 0 Å². The predicted molar refractivity (Wildman–Crippen MR) is 129 cm³/mol. The second kappa shape index (κ2) is 11.7. The third-order valence-corrected chi connectivity index (χ3v) is 6.21. The molecule has 7 nitrogen and oxygen atoms in total. The smallest absolute Gasteiger partial charge is 0.247 e. The second-order valence-electron chi connectivity index (χ2n) is 9.12. The van der Waals surface area contributed by atoms with Gasteiger partial charge in [-0.25, -0.2) is 4.39 Å². The van der Waals surface area contributed by atoms with Gasteiger partial charge in [0.05, 0.1) is 6.04 Å². The average molecular weight is 469 g/mol. The van der Waals surface area contributed by atoms with Gasteiger partial charge in [0.1, 0.15) is 11.9 Å². The minimum atomic E-state index is -0.797. The number of rotatable bonds is 8. The van der Waals surface area contributed by atoms with Crippen LogP contribution in [0.4, 0.5) is 10.1 Å². The topological polar surface area (TPSA) is 105 Å². The van der Waals surface area contributed by atoms with Gasteiger partial charge in [-0.15, -0.1) is 0 Å². The molecule has 4 N–H and O–H groups in total. The number of carbonyl (C=O) groups excluding carboxylic acids is 3. The van der Waals surface area contributed by atoms with Gasteiger partial charge in [-0.3, -0.25) is 14.4 Å². The van der Waals surface area contributed by atoms with E-state index >= 15 is 0 Å². The number of nitrogens with two attached hydrogens (primary N) is 1. The fourth-order valence-corrected chi connectivity index (χ4v) is 3.97. The first-order valence-electron chi connectivity index (χ1n) is 11.7. The molecule has 0 aliphatic carbocycles. The Kier molecular flexibility index (Phi) is 8.76. The SMILES string of the molecule is CC(C)C(N)C(=O)N1CCC(C(=O)NC(Cc2ccccc2)C(=O)Nc2ccc(F)cc2)CC1. The maximum absolute atomic E-state index is 13.2. The molecule has 2 atom stereocenters. The quantitative estimate of drug-likeness (QED) is 0.554. The number of hydrogen-bond acceptors (Lipinski definition) is 4. The van der Waals surface area contributed by atoms with E-state index in [0.29, 0.717) is 38.0 Å². The standard InChI is InChI=1S/C26H33FN4O3/c1-17(2)23(28)26(34)31-14-12-19(13-15-31)24(32)30-22(16-18-6-4-3-5-7-18)25(33)29-21-10-8-20(27)9-11-21/h3-11,17,19,22-23H,12-16,28H2,1-2H3,(H,29,33)(H,30,32). The van der Waals surface area contributed by atoms with Gasteiger partial charge in [0, 0.05) is 31.1 Å². The molecular weight excluding hydrogens is 435 g/mol. The molecule has 0 aromatic heterocycles. The third-order valence-electron chi connectivity index (χ3n) is 6.21. The number of likely N-dealkylation sites (tertiary alicyclic amines) is 1. The summed E-state index contributed by atoms with van der Waals surface area (Å²) in [5.41, 5.74) is 7.35. The Balaban J connectivity index is 1.63. The molecule has 1 fully saturated rings. The Bertz CT molecular complexity index is 973. The molecule has 0 spiro atoms. The van der Waals surface area contributed by atoms with Crippen LogP contribution < -0.4 is 16.4 Å². The molecule has 2 aromatic rings. The van der Waals surface area contributed by atoms with Crippen LogP contribution in [0.5, 0.6) is 0 Å². The predicted octanol–water partition coefficient (Wildman–Crippen LogP) is 2.71. The first-order chi connectivity index (χ1) is 16.2. The zero-order valence-electron chi connectivity index (χ0n) is 19.7. The van der Waals surface area contributed by atoms with Crippen LogP contribution >= 0.6 is 0 Å². The van der Waals surface area contributed by atoms with Crippen molar-refractivity contribution in [2.45, 2.75) is 45.2 Å². The highest BCUT2D eigenvalue weighted by Crippen LogP contribution is 2.20. The lowest BCUT2D eigenvalue weighted by Gasteiger charge is -2.34. The first kappa shape index (κ1) is 25.4. The summed E-state index contributed by atoms with van der Waals surface area (Å²) in [5, 5.41) is 5.65. The Morgan fingerprint density at radius 2 is 1.65 bits per heavy atom. The van der Waals surface area contributed by atoms with E-state index in [1.807, 2.05) is 44.2 Å². The maximum atomic E-state index is 13.2. The van der Waals surface area contributed by atoms with Crippen LogP contribution in [-0.2, 0) is 20.8 Å². The van der Waals surface area contributed by atoms with E-state index in [0.717, 1.165) is 5.56 Å². The van der Waals surface area contributed by atoms with Gasteiger partial charge in [0.15, 0.2) is 0 Å². The summed E-state index contributed by atoms with van der Waals surface area (Å²) in [5.74, 6) is -1.32. The molecule has 1 heterocycles. The molecule has 1 saturated heterocycles. The molecule has 2 unspecified atom stereocenters. The summed E-state index contributed by atoms with van der Waals surface area (Å²) in [4.78, 5) is 40.3. The van der Waals surface area contributed by atoms with Crippen LogP contribution in [0.2, 0.25) is 0 Å². The third kappa shape index (κ3) is 6.87. The van der Waals surface area contributed by atoms with Crippen molar-refractivity contribution in [2.24, 2.45) is 17.6 Å². The van der Waals surface area contributed by atoms with Crippen LogP contribution in [-0.4, -0.2) is 47.8 Å². The summed E-state index contributed by atoms with van der Waals surface area (Å²) >= 11 is 0. The number of amides is 3. The highest BCUT2D eigenvalue weighted by Gasteiger charge is 2.32. The van der Waals surface area contributed by atoms with E-state index in [1.165, 1.54) is 24.3 Å². The van der Waals surface area contributed by atoms with Crippen molar-refractivity contribution in [2.75, 3.05) is 18.4 Å². The van der Waals surface area contributed by atoms with E-state index < -0.39 is 17.9 Å². The number of nitrogens with one attached hydrogen (secondary N) is 2. The molecule has 1 aliphatic heterocycles. The van der Waals surface area contributed by atoms with Gasteiger partial charge in [0.2, 0.25) is 17.7 Å². The van der Waals surface area contributed by atoms with E-state index in [9.17, 15) is 18.8 Å². The number of anilines is 1. The number of benzene rings is 2. The zero-order chi connectivity index (χ0) is 24.7. The monoisotopic (exact) mass is 468 g/mol. The molecule has 1 aliphatic rings.